The molecule has 1 aromatic carbocycles. The largest absolute Gasteiger partial charge is 0.482 e. The molecule has 2 aliphatic rings. The number of carbonyl (C=O) groups is 2. The fourth-order valence-corrected chi connectivity index (χ4v) is 5.12. The first-order valence-corrected chi connectivity index (χ1v) is 11.3. The van der Waals surface area contributed by atoms with Gasteiger partial charge in [0.1, 0.15) is 12.3 Å². The summed E-state index contributed by atoms with van der Waals surface area (Å²) in [6.07, 6.45) is 1.27. The predicted molar refractivity (Wildman–Crippen MR) is 118 cm³/mol. The third kappa shape index (κ3) is 4.94. The molecule has 7 nitrogen and oxygen atoms in total. The Balaban J connectivity index is 1.37. The van der Waals surface area contributed by atoms with Crippen LogP contribution in [0.15, 0.2) is 23.6 Å². The molecule has 30 heavy (non-hydrogen) atoms. The summed E-state index contributed by atoms with van der Waals surface area (Å²) in [5, 5.41) is 5.81. The number of amides is 2. The molecule has 4 rings (SSSR count). The van der Waals surface area contributed by atoms with Gasteiger partial charge in [-0.1, -0.05) is 25.4 Å². The van der Waals surface area contributed by atoms with E-state index in [0.717, 1.165) is 25.3 Å². The lowest BCUT2D eigenvalue weighted by Crippen LogP contribution is -2.43. The average molecular weight is 449 g/mol. The SMILES string of the molecule is CC1CC(C)CN(Cc2csc(NC(=O)CN3C(=O)COc4ccc(Cl)cc43)n2)C1. The van der Waals surface area contributed by atoms with Crippen LogP contribution in [0.1, 0.15) is 26.0 Å². The highest BCUT2D eigenvalue weighted by Gasteiger charge is 2.28. The number of ether oxygens (including phenoxy) is 1. The van der Waals surface area contributed by atoms with E-state index in [1.807, 2.05) is 5.38 Å². The number of thiazole rings is 1. The Kier molecular flexibility index (Phi) is 6.26. The van der Waals surface area contributed by atoms with E-state index in [0.29, 0.717) is 33.4 Å². The Hall–Kier alpha value is -2.16. The number of hydrogen-bond acceptors (Lipinski definition) is 6. The number of nitrogens with zero attached hydrogens (tertiary/aromatic N) is 3. The van der Waals surface area contributed by atoms with Gasteiger partial charge in [0, 0.05) is 30.0 Å². The molecule has 0 radical (unpaired) electrons. The minimum atomic E-state index is -0.308. The smallest absolute Gasteiger partial charge is 0.265 e. The van der Waals surface area contributed by atoms with Crippen LogP contribution in [0, 0.1) is 11.8 Å². The van der Waals surface area contributed by atoms with Crippen LogP contribution in [0.3, 0.4) is 0 Å². The Morgan fingerprint density at radius 2 is 2.10 bits per heavy atom. The topological polar surface area (TPSA) is 74.8 Å². The molecule has 1 aromatic heterocycles. The van der Waals surface area contributed by atoms with Crippen LogP contribution in [-0.2, 0) is 16.1 Å². The van der Waals surface area contributed by atoms with Gasteiger partial charge in [-0.25, -0.2) is 4.98 Å². The van der Waals surface area contributed by atoms with Gasteiger partial charge in [0.05, 0.1) is 11.4 Å². The van der Waals surface area contributed by atoms with Crippen molar-refractivity contribution in [2.24, 2.45) is 11.8 Å². The molecule has 0 aliphatic carbocycles. The Bertz CT molecular complexity index is 940. The molecule has 1 fully saturated rings. The van der Waals surface area contributed by atoms with Gasteiger partial charge >= 0.3 is 0 Å². The van der Waals surface area contributed by atoms with Crippen LogP contribution in [0.2, 0.25) is 5.02 Å². The zero-order valence-corrected chi connectivity index (χ0v) is 18.6. The second-order valence-corrected chi connectivity index (χ2v) is 9.51. The third-order valence-electron chi connectivity index (χ3n) is 5.29. The minimum absolute atomic E-state index is 0.101. The van der Waals surface area contributed by atoms with Crippen molar-refractivity contribution in [1.29, 1.82) is 0 Å². The number of benzene rings is 1. The second-order valence-electron chi connectivity index (χ2n) is 8.21. The van der Waals surface area contributed by atoms with Gasteiger partial charge in [0.15, 0.2) is 11.7 Å². The lowest BCUT2D eigenvalue weighted by molar-refractivity contribution is -0.123. The van der Waals surface area contributed by atoms with Crippen LogP contribution in [0.4, 0.5) is 10.8 Å². The van der Waals surface area contributed by atoms with E-state index >= 15 is 0 Å². The lowest BCUT2D eigenvalue weighted by Gasteiger charge is -2.34. The maximum absolute atomic E-state index is 12.6. The zero-order valence-electron chi connectivity index (χ0n) is 17.1. The molecule has 0 saturated carbocycles. The molecule has 2 atom stereocenters. The van der Waals surface area contributed by atoms with Crippen molar-refractivity contribution in [3.05, 3.63) is 34.3 Å². The van der Waals surface area contributed by atoms with Crippen molar-refractivity contribution in [2.45, 2.75) is 26.8 Å². The number of fused-ring (bicyclic) bond motifs is 1. The summed E-state index contributed by atoms with van der Waals surface area (Å²) in [4.78, 5) is 33.3. The minimum Gasteiger partial charge on any atom is -0.482 e. The third-order valence-corrected chi connectivity index (χ3v) is 6.34. The van der Waals surface area contributed by atoms with E-state index in [1.54, 1.807) is 18.2 Å². The van der Waals surface area contributed by atoms with E-state index in [1.165, 1.54) is 22.7 Å². The number of carbonyl (C=O) groups excluding carboxylic acids is 2. The molecule has 9 heteroatoms. The van der Waals surface area contributed by atoms with Crippen molar-refractivity contribution in [2.75, 3.05) is 36.5 Å². The number of piperidine rings is 1. The number of halogens is 1. The molecule has 0 spiro atoms. The maximum atomic E-state index is 12.6. The normalized spacial score (nSPS) is 21.8. The summed E-state index contributed by atoms with van der Waals surface area (Å²) in [6.45, 7) is 7.28. The molecule has 1 N–H and O–H groups in total. The number of anilines is 2. The van der Waals surface area contributed by atoms with Gasteiger partial charge in [0.25, 0.3) is 5.91 Å². The fraction of sp³-hybridized carbons (Fsp3) is 0.476. The molecule has 0 bridgehead atoms. The predicted octanol–water partition coefficient (Wildman–Crippen LogP) is 3.64. The first kappa shape index (κ1) is 21.1. The van der Waals surface area contributed by atoms with Gasteiger partial charge < -0.3 is 10.1 Å². The number of likely N-dealkylation sites (tertiary alicyclic amines) is 1. The lowest BCUT2D eigenvalue weighted by atomic mass is 9.92. The van der Waals surface area contributed by atoms with Crippen LogP contribution in [-0.4, -0.2) is 47.9 Å². The molecule has 2 amide bonds. The monoisotopic (exact) mass is 448 g/mol. The Labute approximate surface area is 185 Å². The zero-order chi connectivity index (χ0) is 21.3. The number of aromatic nitrogens is 1. The summed E-state index contributed by atoms with van der Waals surface area (Å²) in [7, 11) is 0. The van der Waals surface area contributed by atoms with E-state index in [2.05, 4.69) is 29.0 Å². The number of nitrogens with one attached hydrogen (secondary N) is 1. The van der Waals surface area contributed by atoms with Crippen molar-refractivity contribution >= 4 is 45.6 Å². The van der Waals surface area contributed by atoms with Crippen molar-refractivity contribution in [1.82, 2.24) is 9.88 Å². The molecular formula is C21H25ClN4O3S. The van der Waals surface area contributed by atoms with Crippen LogP contribution >= 0.6 is 22.9 Å². The molecule has 3 heterocycles. The van der Waals surface area contributed by atoms with Crippen molar-refractivity contribution < 1.29 is 14.3 Å². The average Bonchev–Trinajstić information content (AvgIpc) is 3.10. The summed E-state index contributed by atoms with van der Waals surface area (Å²) >= 11 is 7.45. The summed E-state index contributed by atoms with van der Waals surface area (Å²) in [6, 6.07) is 5.02. The fourth-order valence-electron chi connectivity index (χ4n) is 4.24. The van der Waals surface area contributed by atoms with Crippen LogP contribution in [0.5, 0.6) is 5.75 Å². The molecule has 2 aliphatic heterocycles. The van der Waals surface area contributed by atoms with Gasteiger partial charge in [-0.05, 0) is 36.5 Å². The summed E-state index contributed by atoms with van der Waals surface area (Å²) < 4.78 is 5.41. The summed E-state index contributed by atoms with van der Waals surface area (Å²) in [5.41, 5.74) is 1.46. The number of hydrogen-bond donors (Lipinski definition) is 1. The van der Waals surface area contributed by atoms with Gasteiger partial charge in [0.2, 0.25) is 5.91 Å². The van der Waals surface area contributed by atoms with Gasteiger partial charge in [-0.15, -0.1) is 11.3 Å². The van der Waals surface area contributed by atoms with Gasteiger partial charge in [-0.2, -0.15) is 0 Å². The molecule has 1 saturated heterocycles. The van der Waals surface area contributed by atoms with Gasteiger partial charge in [-0.3, -0.25) is 19.4 Å². The highest BCUT2D eigenvalue weighted by atomic mass is 35.5. The van der Waals surface area contributed by atoms with Crippen LogP contribution in [0.25, 0.3) is 0 Å². The first-order valence-electron chi connectivity index (χ1n) is 10.1. The van der Waals surface area contributed by atoms with Crippen LogP contribution < -0.4 is 15.0 Å². The van der Waals surface area contributed by atoms with Crippen molar-refractivity contribution in [3.8, 4) is 5.75 Å². The number of rotatable bonds is 5. The van der Waals surface area contributed by atoms with E-state index in [4.69, 9.17) is 16.3 Å². The molecule has 160 valence electrons. The highest BCUT2D eigenvalue weighted by Crippen LogP contribution is 2.34. The maximum Gasteiger partial charge on any atom is 0.265 e. The standard InChI is InChI=1S/C21H25ClN4O3S/c1-13-5-14(2)8-25(7-13)9-16-12-30-21(23-16)24-19(27)10-26-17-6-15(22)3-4-18(17)29-11-20(26)28/h3-4,6,12-14H,5,7-11H2,1-2H3,(H,23,24,27). The molecular weight excluding hydrogens is 424 g/mol. The van der Waals surface area contributed by atoms with E-state index in [-0.39, 0.29) is 25.0 Å². The molecule has 2 unspecified atom stereocenters. The first-order chi connectivity index (χ1) is 14.4. The summed E-state index contributed by atoms with van der Waals surface area (Å²) in [5.74, 6) is 1.32. The van der Waals surface area contributed by atoms with Crippen molar-refractivity contribution in [3.63, 3.8) is 0 Å². The van der Waals surface area contributed by atoms with E-state index < -0.39 is 0 Å². The Morgan fingerprint density at radius 3 is 2.87 bits per heavy atom. The highest BCUT2D eigenvalue weighted by molar-refractivity contribution is 7.13. The Morgan fingerprint density at radius 1 is 1.33 bits per heavy atom. The van der Waals surface area contributed by atoms with E-state index in [9.17, 15) is 9.59 Å². The quantitative estimate of drug-likeness (QED) is 0.755. The second kappa shape index (κ2) is 8.91. The molecule has 2 aromatic rings.